The number of hydrogen-bond donors (Lipinski definition) is 0. The molecule has 3 aromatic carbocycles. The normalized spacial score (nSPS) is 11.3. The first-order valence-electron chi connectivity index (χ1n) is 9.65. The van der Waals surface area contributed by atoms with Gasteiger partial charge in [-0.2, -0.15) is 0 Å². The van der Waals surface area contributed by atoms with Crippen molar-refractivity contribution in [3.8, 4) is 17.2 Å². The van der Waals surface area contributed by atoms with Crippen molar-refractivity contribution in [2.24, 2.45) is 0 Å². The van der Waals surface area contributed by atoms with Crippen LogP contribution in [-0.2, 0) is 16.7 Å². The van der Waals surface area contributed by atoms with Crippen molar-refractivity contribution >= 4 is 9.30 Å². The molecular weight excluding hydrogens is 420 g/mol. The molecule has 0 aromatic heterocycles. The first-order chi connectivity index (χ1) is 13.7. The van der Waals surface area contributed by atoms with E-state index in [2.05, 4.69) is 0 Å². The summed E-state index contributed by atoms with van der Waals surface area (Å²) in [4.78, 5) is 0. The van der Waals surface area contributed by atoms with E-state index in [1.807, 2.05) is 96.1 Å². The standard InChI is InChI=1S/3C8H10O.ClH.Ti/c3*1-6-4-3-5-8(9)7(6)2;;/h3*3-5,9H,1-2H3;1H;/q;;;;+4/p-4. The first kappa shape index (κ1) is 21.8. The van der Waals surface area contributed by atoms with Gasteiger partial charge in [-0.25, -0.2) is 0 Å². The van der Waals surface area contributed by atoms with E-state index in [0.717, 1.165) is 33.4 Å². The maximum atomic E-state index is 7.04. The molecule has 3 nitrogen and oxygen atoms in total. The monoisotopic (exact) mass is 446 g/mol. The second-order valence-electron chi connectivity index (χ2n) is 7.38. The fourth-order valence-electron chi connectivity index (χ4n) is 2.96. The zero-order valence-corrected chi connectivity index (χ0v) is 20.1. The number of rotatable bonds is 6. The maximum absolute atomic E-state index is 7.04. The van der Waals surface area contributed by atoms with Gasteiger partial charge in [-0.05, 0) is 0 Å². The van der Waals surface area contributed by atoms with Crippen molar-refractivity contribution in [2.45, 2.75) is 41.5 Å². The Morgan fingerprint density at radius 1 is 0.517 bits per heavy atom. The Kier molecular flexibility index (Phi) is 6.63. The van der Waals surface area contributed by atoms with E-state index in [-0.39, 0.29) is 0 Å². The van der Waals surface area contributed by atoms with Crippen molar-refractivity contribution in [1.29, 1.82) is 0 Å². The molecule has 0 aliphatic carbocycles. The van der Waals surface area contributed by atoms with Crippen LogP contribution in [0, 0.1) is 41.5 Å². The molecule has 0 saturated heterocycles. The summed E-state index contributed by atoms with van der Waals surface area (Å²) in [5.41, 5.74) is 6.46. The number of benzene rings is 3. The second kappa shape index (κ2) is 8.83. The molecule has 0 heterocycles. The molecule has 3 aromatic rings. The van der Waals surface area contributed by atoms with Gasteiger partial charge in [-0.1, -0.05) is 0 Å². The van der Waals surface area contributed by atoms with Gasteiger partial charge in [-0.3, -0.25) is 0 Å². The number of hydrogen-bond acceptors (Lipinski definition) is 3. The van der Waals surface area contributed by atoms with Crippen LogP contribution in [0.2, 0.25) is 0 Å². The predicted octanol–water partition coefficient (Wildman–Crippen LogP) is 7.13. The van der Waals surface area contributed by atoms with Crippen molar-refractivity contribution in [1.82, 2.24) is 0 Å². The van der Waals surface area contributed by atoms with Gasteiger partial charge >= 0.3 is 183 Å². The van der Waals surface area contributed by atoms with Crippen LogP contribution in [0.25, 0.3) is 0 Å². The van der Waals surface area contributed by atoms with E-state index >= 15 is 0 Å². The number of halogens is 1. The summed E-state index contributed by atoms with van der Waals surface area (Å²) in [6.45, 7) is 12.2. The molecule has 0 aliphatic rings. The zero-order chi connectivity index (χ0) is 21.2. The van der Waals surface area contributed by atoms with Crippen LogP contribution in [0.15, 0.2) is 54.6 Å². The van der Waals surface area contributed by atoms with Gasteiger partial charge in [0.2, 0.25) is 0 Å². The first-order valence-corrected chi connectivity index (χ1v) is 13.7. The van der Waals surface area contributed by atoms with Crippen LogP contribution < -0.4 is 9.96 Å². The SMILES string of the molecule is Cc1cccc([O][Ti]([Cl])([O]c2cccc(C)c2C)[O]c2cccc(C)c2C)c1C. The number of aryl methyl sites for hydroxylation is 3. The minimum atomic E-state index is -4.29. The predicted molar refractivity (Wildman–Crippen MR) is 115 cm³/mol. The summed E-state index contributed by atoms with van der Waals surface area (Å²) in [7, 11) is 7.04. The summed E-state index contributed by atoms with van der Waals surface area (Å²) in [6, 6.07) is 17.7. The molecule has 0 radical (unpaired) electrons. The Hall–Kier alpha value is -1.94. The topological polar surface area (TPSA) is 27.7 Å². The van der Waals surface area contributed by atoms with Gasteiger partial charge in [0.05, 0.1) is 0 Å². The third kappa shape index (κ3) is 4.98. The van der Waals surface area contributed by atoms with Crippen molar-refractivity contribution < 1.29 is 26.6 Å². The molecule has 29 heavy (non-hydrogen) atoms. The molecular formula is C24H27ClO3Ti. The van der Waals surface area contributed by atoms with Gasteiger partial charge in [0, 0.05) is 0 Å². The Morgan fingerprint density at radius 3 is 1.07 bits per heavy atom. The average Bonchev–Trinajstić information content (AvgIpc) is 2.67. The molecule has 152 valence electrons. The summed E-state index contributed by atoms with van der Waals surface area (Å²) >= 11 is -4.29. The van der Waals surface area contributed by atoms with Crippen molar-refractivity contribution in [2.75, 3.05) is 0 Å². The fraction of sp³-hybridized carbons (Fsp3) is 0.250. The van der Waals surface area contributed by atoms with Crippen LogP contribution in [0.4, 0.5) is 0 Å². The Balaban J connectivity index is 2.03. The minimum absolute atomic E-state index is 0.690. The summed E-state index contributed by atoms with van der Waals surface area (Å²) in [5, 5.41) is 0. The molecule has 0 unspecified atom stereocenters. The van der Waals surface area contributed by atoms with Crippen molar-refractivity contribution in [3.63, 3.8) is 0 Å². The van der Waals surface area contributed by atoms with Crippen molar-refractivity contribution in [3.05, 3.63) is 88.0 Å². The average molecular weight is 447 g/mol. The molecule has 5 heteroatoms. The summed E-state index contributed by atoms with van der Waals surface area (Å²) < 4.78 is 19.0. The Morgan fingerprint density at radius 2 is 0.793 bits per heavy atom. The molecule has 0 saturated carbocycles. The third-order valence-electron chi connectivity index (χ3n) is 5.36. The van der Waals surface area contributed by atoms with E-state index in [1.54, 1.807) is 0 Å². The van der Waals surface area contributed by atoms with E-state index in [1.165, 1.54) is 0 Å². The zero-order valence-electron chi connectivity index (χ0n) is 17.8. The molecule has 0 fully saturated rings. The van der Waals surface area contributed by atoms with E-state index in [9.17, 15) is 0 Å². The Bertz CT molecular complexity index is 903. The van der Waals surface area contributed by atoms with Gasteiger partial charge in [-0.15, -0.1) is 0 Å². The molecule has 0 N–H and O–H groups in total. The second-order valence-corrected chi connectivity index (χ2v) is 11.8. The van der Waals surface area contributed by atoms with Gasteiger partial charge < -0.3 is 0 Å². The van der Waals surface area contributed by atoms with Crippen LogP contribution >= 0.6 is 9.30 Å². The van der Waals surface area contributed by atoms with Crippen LogP contribution in [0.5, 0.6) is 17.2 Å². The van der Waals surface area contributed by atoms with E-state index < -0.39 is 16.7 Å². The molecule has 0 amide bonds. The fourth-order valence-corrected chi connectivity index (χ4v) is 6.45. The molecule has 3 rings (SSSR count). The quantitative estimate of drug-likeness (QED) is 0.377. The van der Waals surface area contributed by atoms with E-state index in [4.69, 9.17) is 19.3 Å². The molecule has 0 bridgehead atoms. The Labute approximate surface area is 182 Å². The van der Waals surface area contributed by atoms with Crippen LogP contribution in [0.3, 0.4) is 0 Å². The van der Waals surface area contributed by atoms with Gasteiger partial charge in [0.25, 0.3) is 0 Å². The van der Waals surface area contributed by atoms with Crippen LogP contribution in [0.1, 0.15) is 33.4 Å². The molecule has 0 spiro atoms. The van der Waals surface area contributed by atoms with Crippen LogP contribution in [-0.4, -0.2) is 0 Å². The summed E-state index contributed by atoms with van der Waals surface area (Å²) in [5.74, 6) is 2.07. The van der Waals surface area contributed by atoms with E-state index in [0.29, 0.717) is 17.2 Å². The third-order valence-corrected chi connectivity index (χ3v) is 8.49. The summed E-state index contributed by atoms with van der Waals surface area (Å²) in [6.07, 6.45) is 0. The van der Waals surface area contributed by atoms with Gasteiger partial charge in [0.1, 0.15) is 0 Å². The van der Waals surface area contributed by atoms with Gasteiger partial charge in [0.15, 0.2) is 0 Å². The molecule has 0 atom stereocenters. The molecule has 0 aliphatic heterocycles.